The number of hydrogen-bond donors (Lipinski definition) is 0. The largest absolute Gasteiger partial charge is 0.495 e. The van der Waals surface area contributed by atoms with Crippen LogP contribution >= 0.6 is 0 Å². The third kappa shape index (κ3) is 7.03. The number of carbonyl (C=O) groups is 2. The fourth-order valence-electron chi connectivity index (χ4n) is 7.44. The second-order valence-electron chi connectivity index (χ2n) is 14.0. The SMILES string of the molecule is COc1ccc(C2CCC(CN(C(=O)C3CCC(OC(=O)N4CC(C#N)C4)CC3)c3cc(-c4coc(C5CC5)n4)ccn3)CC2)nc1C. The monoisotopic (exact) mass is 652 g/mol. The molecule has 0 radical (unpaired) electrons. The van der Waals surface area contributed by atoms with Crippen molar-refractivity contribution in [2.45, 2.75) is 89.1 Å². The molecule has 0 spiro atoms. The van der Waals surface area contributed by atoms with Gasteiger partial charge in [0, 0.05) is 54.8 Å². The molecule has 2 amide bonds. The lowest BCUT2D eigenvalue weighted by Crippen LogP contribution is -2.50. The molecule has 3 aliphatic carbocycles. The molecule has 4 aliphatic rings. The zero-order valence-corrected chi connectivity index (χ0v) is 27.8. The minimum atomic E-state index is -0.354. The van der Waals surface area contributed by atoms with Crippen LogP contribution in [0.4, 0.5) is 10.6 Å². The Balaban J connectivity index is 1.03. The molecule has 11 heteroatoms. The van der Waals surface area contributed by atoms with Crippen molar-refractivity contribution in [2.24, 2.45) is 17.8 Å². The molecule has 4 heterocycles. The molecule has 3 aromatic heterocycles. The van der Waals surface area contributed by atoms with Crippen LogP contribution in [0.5, 0.6) is 5.75 Å². The maximum atomic E-state index is 14.4. The molecule has 1 saturated heterocycles. The summed E-state index contributed by atoms with van der Waals surface area (Å²) in [5.41, 5.74) is 3.68. The van der Waals surface area contributed by atoms with E-state index in [0.717, 1.165) is 72.8 Å². The van der Waals surface area contributed by atoms with Gasteiger partial charge in [0.15, 0.2) is 5.89 Å². The van der Waals surface area contributed by atoms with Crippen LogP contribution in [0.2, 0.25) is 0 Å². The van der Waals surface area contributed by atoms with Gasteiger partial charge < -0.3 is 18.8 Å². The van der Waals surface area contributed by atoms with Gasteiger partial charge in [0.1, 0.15) is 29.6 Å². The van der Waals surface area contributed by atoms with Gasteiger partial charge in [0.25, 0.3) is 0 Å². The number of aryl methyl sites for hydroxylation is 1. The third-order valence-corrected chi connectivity index (χ3v) is 10.6. The van der Waals surface area contributed by atoms with E-state index in [1.165, 1.54) is 0 Å². The number of carbonyl (C=O) groups excluding carboxylic acids is 2. The second kappa shape index (κ2) is 14.0. The van der Waals surface area contributed by atoms with Crippen molar-refractivity contribution in [3.05, 3.63) is 54.0 Å². The molecule has 0 atom stereocenters. The van der Waals surface area contributed by atoms with Crippen molar-refractivity contribution in [1.29, 1.82) is 5.26 Å². The molecule has 1 aliphatic heterocycles. The average Bonchev–Trinajstić information content (AvgIpc) is 3.82. The van der Waals surface area contributed by atoms with E-state index in [1.54, 1.807) is 24.5 Å². The van der Waals surface area contributed by atoms with Crippen molar-refractivity contribution in [3.63, 3.8) is 0 Å². The molecule has 3 saturated carbocycles. The molecule has 7 rings (SSSR count). The predicted octanol–water partition coefficient (Wildman–Crippen LogP) is 6.78. The molecule has 0 aromatic carbocycles. The molecule has 3 aromatic rings. The minimum absolute atomic E-state index is 0.0809. The number of nitrogens with zero attached hydrogens (tertiary/aromatic N) is 6. The lowest BCUT2D eigenvalue weighted by atomic mass is 9.79. The van der Waals surface area contributed by atoms with E-state index < -0.39 is 0 Å². The maximum absolute atomic E-state index is 14.4. The summed E-state index contributed by atoms with van der Waals surface area (Å²) in [6.45, 7) is 3.45. The highest BCUT2D eigenvalue weighted by atomic mass is 16.6. The van der Waals surface area contributed by atoms with Gasteiger partial charge in [-0.1, -0.05) is 0 Å². The zero-order valence-electron chi connectivity index (χ0n) is 27.8. The van der Waals surface area contributed by atoms with Crippen LogP contribution in [0.3, 0.4) is 0 Å². The summed E-state index contributed by atoms with van der Waals surface area (Å²) in [5.74, 6) is 3.19. The topological polar surface area (TPSA) is 135 Å². The number of anilines is 1. The Morgan fingerprint density at radius 1 is 1.00 bits per heavy atom. The van der Waals surface area contributed by atoms with E-state index in [1.807, 2.05) is 30.0 Å². The van der Waals surface area contributed by atoms with Gasteiger partial charge in [-0.15, -0.1) is 0 Å². The van der Waals surface area contributed by atoms with E-state index in [9.17, 15) is 9.59 Å². The number of hydrogen-bond acceptors (Lipinski definition) is 9. The van der Waals surface area contributed by atoms with Crippen LogP contribution in [-0.4, -0.2) is 64.7 Å². The smallest absolute Gasteiger partial charge is 0.410 e. The van der Waals surface area contributed by atoms with Gasteiger partial charge in [0.2, 0.25) is 5.91 Å². The highest BCUT2D eigenvalue weighted by Gasteiger charge is 2.37. The normalized spacial score (nSPS) is 24.3. The van der Waals surface area contributed by atoms with Gasteiger partial charge in [-0.2, -0.15) is 5.26 Å². The Labute approximate surface area is 281 Å². The van der Waals surface area contributed by atoms with E-state index in [0.29, 0.717) is 68.9 Å². The summed E-state index contributed by atoms with van der Waals surface area (Å²) in [6, 6.07) is 10.2. The summed E-state index contributed by atoms with van der Waals surface area (Å²) in [6.07, 6.45) is 11.7. The van der Waals surface area contributed by atoms with Crippen LogP contribution in [0.1, 0.15) is 93.3 Å². The predicted molar refractivity (Wildman–Crippen MR) is 177 cm³/mol. The van der Waals surface area contributed by atoms with Gasteiger partial charge in [-0.25, -0.2) is 14.8 Å². The first-order valence-electron chi connectivity index (χ1n) is 17.5. The van der Waals surface area contributed by atoms with Crippen LogP contribution in [-0.2, 0) is 9.53 Å². The number of methoxy groups -OCH3 is 1. The average molecular weight is 653 g/mol. The standard InChI is InChI=1S/C37H44N6O5/c1-23-33(46-2)14-13-31(40-23)26-5-3-24(4-6-26)21-43(34-17-29(15-16-39-34)32-22-47-35(41-32)27-7-8-27)36(44)28-9-11-30(12-10-28)48-37(45)42-19-25(18-38)20-42/h13-17,22,24-28,30H,3-12,19-21H2,1-2H3. The molecule has 48 heavy (non-hydrogen) atoms. The first-order chi connectivity index (χ1) is 23.4. The van der Waals surface area contributed by atoms with Gasteiger partial charge in [-0.3, -0.25) is 14.7 Å². The van der Waals surface area contributed by atoms with Crippen LogP contribution in [0.25, 0.3) is 11.3 Å². The third-order valence-electron chi connectivity index (χ3n) is 10.6. The summed E-state index contributed by atoms with van der Waals surface area (Å²) < 4.78 is 16.9. The summed E-state index contributed by atoms with van der Waals surface area (Å²) in [4.78, 5) is 44.7. The van der Waals surface area contributed by atoms with Crippen molar-refractivity contribution in [1.82, 2.24) is 19.9 Å². The molecule has 0 bridgehead atoms. The Morgan fingerprint density at radius 2 is 1.75 bits per heavy atom. The zero-order chi connectivity index (χ0) is 33.2. The second-order valence-corrected chi connectivity index (χ2v) is 14.0. The van der Waals surface area contributed by atoms with Gasteiger partial charge in [0.05, 0.1) is 24.8 Å². The molecule has 252 valence electrons. The first-order valence-corrected chi connectivity index (χ1v) is 17.5. The fraction of sp³-hybridized carbons (Fsp3) is 0.568. The first kappa shape index (κ1) is 32.1. The maximum Gasteiger partial charge on any atom is 0.410 e. The van der Waals surface area contributed by atoms with E-state index in [4.69, 9.17) is 34.1 Å². The number of aromatic nitrogens is 3. The lowest BCUT2D eigenvalue weighted by Gasteiger charge is -2.37. The summed E-state index contributed by atoms with van der Waals surface area (Å²) >= 11 is 0. The summed E-state index contributed by atoms with van der Waals surface area (Å²) in [7, 11) is 1.67. The fourth-order valence-corrected chi connectivity index (χ4v) is 7.44. The number of ether oxygens (including phenoxy) is 2. The van der Waals surface area contributed by atoms with E-state index >= 15 is 0 Å². The van der Waals surface area contributed by atoms with Crippen molar-refractivity contribution in [2.75, 3.05) is 31.6 Å². The van der Waals surface area contributed by atoms with Crippen molar-refractivity contribution in [3.8, 4) is 23.1 Å². The van der Waals surface area contributed by atoms with Crippen LogP contribution in [0.15, 0.2) is 41.1 Å². The molecule has 0 N–H and O–H groups in total. The summed E-state index contributed by atoms with van der Waals surface area (Å²) in [5, 5.41) is 9.02. The molecular weight excluding hydrogens is 608 g/mol. The van der Waals surface area contributed by atoms with Crippen molar-refractivity contribution < 1.29 is 23.5 Å². The Kier molecular flexibility index (Phi) is 9.33. The molecule has 4 fully saturated rings. The highest BCUT2D eigenvalue weighted by molar-refractivity contribution is 5.94. The van der Waals surface area contributed by atoms with E-state index in [-0.39, 0.29) is 29.9 Å². The molecular formula is C37H44N6O5. The number of rotatable bonds is 9. The lowest BCUT2D eigenvalue weighted by molar-refractivity contribution is -0.124. The molecule has 0 unspecified atom stereocenters. The Hall–Kier alpha value is -4.46. The number of oxazole rings is 1. The number of amides is 2. The van der Waals surface area contributed by atoms with Gasteiger partial charge in [-0.05, 0) is 101 Å². The highest BCUT2D eigenvalue weighted by Crippen LogP contribution is 2.41. The van der Waals surface area contributed by atoms with Crippen LogP contribution in [0, 0.1) is 36.0 Å². The molecule has 11 nitrogen and oxygen atoms in total. The van der Waals surface area contributed by atoms with E-state index in [2.05, 4.69) is 12.1 Å². The number of likely N-dealkylation sites (tertiary alicyclic amines) is 1. The number of pyridine rings is 2. The van der Waals surface area contributed by atoms with Gasteiger partial charge >= 0.3 is 6.09 Å². The number of nitriles is 1. The minimum Gasteiger partial charge on any atom is -0.495 e. The Morgan fingerprint density at radius 3 is 2.44 bits per heavy atom. The van der Waals surface area contributed by atoms with Crippen molar-refractivity contribution >= 4 is 17.8 Å². The van der Waals surface area contributed by atoms with Crippen LogP contribution < -0.4 is 9.64 Å². The quantitative estimate of drug-likeness (QED) is 0.245. The Bertz CT molecular complexity index is 1660.